The number of thiophene rings is 1. The zero-order valence-electron chi connectivity index (χ0n) is 21.1. The lowest BCUT2D eigenvalue weighted by Gasteiger charge is -2.46. The first-order valence-corrected chi connectivity index (χ1v) is 13.2. The highest BCUT2D eigenvalue weighted by atomic mass is 32.1. The van der Waals surface area contributed by atoms with E-state index >= 15 is 0 Å². The molecule has 1 aromatic heterocycles. The van der Waals surface area contributed by atoms with E-state index < -0.39 is 0 Å². The molecule has 2 aromatic carbocycles. The Hall–Kier alpha value is -2.18. The van der Waals surface area contributed by atoms with Gasteiger partial charge < -0.3 is 9.64 Å². The van der Waals surface area contributed by atoms with Crippen molar-refractivity contribution in [2.45, 2.75) is 37.5 Å². The molecule has 0 radical (unpaired) electrons. The van der Waals surface area contributed by atoms with Gasteiger partial charge in [0, 0.05) is 48.6 Å². The van der Waals surface area contributed by atoms with Crippen LogP contribution in [-0.4, -0.2) is 62.5 Å². The van der Waals surface area contributed by atoms with Crippen molar-refractivity contribution in [3.8, 4) is 5.75 Å². The van der Waals surface area contributed by atoms with Crippen LogP contribution in [0.2, 0.25) is 0 Å². The van der Waals surface area contributed by atoms with Crippen molar-refractivity contribution in [3.63, 3.8) is 0 Å². The summed E-state index contributed by atoms with van der Waals surface area (Å²) >= 11 is 1.79. The minimum Gasteiger partial charge on any atom is -0.485 e. The highest BCUT2D eigenvalue weighted by molar-refractivity contribution is 7.10. The van der Waals surface area contributed by atoms with Crippen LogP contribution in [0.15, 0.2) is 72.1 Å². The molecule has 2 heterocycles. The number of hydrogen-bond donors (Lipinski definition) is 0. The van der Waals surface area contributed by atoms with Gasteiger partial charge in [0.2, 0.25) is 0 Å². The molecule has 182 valence electrons. The number of rotatable bonds is 10. The molecule has 0 bridgehead atoms. The van der Waals surface area contributed by atoms with Gasteiger partial charge in [-0.2, -0.15) is 0 Å². The SMILES string of the molecule is CN(C)CCC(Oc1ccccc1CN1CCC(c2ccccc2)(N(C)C)CC1)c1cccs1. The summed E-state index contributed by atoms with van der Waals surface area (Å²) in [5.41, 5.74) is 2.83. The molecule has 3 aromatic rings. The Morgan fingerprint density at radius 2 is 1.62 bits per heavy atom. The number of ether oxygens (including phenoxy) is 1. The van der Waals surface area contributed by atoms with Crippen LogP contribution in [-0.2, 0) is 12.1 Å². The van der Waals surface area contributed by atoms with Gasteiger partial charge in [-0.05, 0) is 64.1 Å². The topological polar surface area (TPSA) is 19.0 Å². The molecule has 1 aliphatic rings. The number of nitrogens with zero attached hydrogens (tertiary/aromatic N) is 3. The van der Waals surface area contributed by atoms with E-state index in [1.54, 1.807) is 11.3 Å². The third-order valence-electron chi connectivity index (χ3n) is 7.19. The van der Waals surface area contributed by atoms with Gasteiger partial charge in [0.05, 0.1) is 0 Å². The Morgan fingerprint density at radius 3 is 2.26 bits per heavy atom. The standard InChI is InChI=1S/C29H39N3OS/c1-30(2)19-16-27(28-15-10-22-34-28)33-26-14-9-8-11-24(26)23-32-20-17-29(18-21-32,31(3)4)25-12-6-5-7-13-25/h5-15,22,27H,16-21,23H2,1-4H3. The number of likely N-dealkylation sites (tertiary alicyclic amines) is 1. The fourth-order valence-corrected chi connectivity index (χ4v) is 5.87. The van der Waals surface area contributed by atoms with Crippen LogP contribution >= 0.6 is 11.3 Å². The van der Waals surface area contributed by atoms with Crippen LogP contribution in [0.25, 0.3) is 0 Å². The highest BCUT2D eigenvalue weighted by Gasteiger charge is 2.38. The average molecular weight is 478 g/mol. The van der Waals surface area contributed by atoms with Gasteiger partial charge in [-0.3, -0.25) is 9.80 Å². The predicted octanol–water partition coefficient (Wildman–Crippen LogP) is 5.87. The molecule has 34 heavy (non-hydrogen) atoms. The molecule has 0 amide bonds. The summed E-state index contributed by atoms with van der Waals surface area (Å²) in [5, 5.41) is 2.14. The zero-order valence-corrected chi connectivity index (χ0v) is 21.9. The lowest BCUT2D eigenvalue weighted by Crippen LogP contribution is -2.50. The van der Waals surface area contributed by atoms with E-state index in [1.165, 1.54) is 16.0 Å². The van der Waals surface area contributed by atoms with Crippen molar-refractivity contribution in [1.82, 2.24) is 14.7 Å². The lowest BCUT2D eigenvalue weighted by atomic mass is 9.79. The zero-order chi connectivity index (χ0) is 24.0. The Kier molecular flexibility index (Phi) is 8.43. The average Bonchev–Trinajstić information content (AvgIpc) is 3.38. The first-order valence-electron chi connectivity index (χ1n) is 12.4. The quantitative estimate of drug-likeness (QED) is 0.363. The molecule has 4 rings (SSSR count). The summed E-state index contributed by atoms with van der Waals surface area (Å²) in [6.07, 6.45) is 3.33. The fourth-order valence-electron chi connectivity index (χ4n) is 5.08. The fraction of sp³-hybridized carbons (Fsp3) is 0.448. The predicted molar refractivity (Wildman–Crippen MR) is 144 cm³/mol. The van der Waals surface area contributed by atoms with E-state index in [-0.39, 0.29) is 11.6 Å². The smallest absolute Gasteiger partial charge is 0.134 e. The largest absolute Gasteiger partial charge is 0.485 e. The Bertz CT molecular complexity index is 995. The van der Waals surface area contributed by atoms with Crippen LogP contribution in [0, 0.1) is 0 Å². The molecule has 1 atom stereocenters. The Morgan fingerprint density at radius 1 is 0.912 bits per heavy atom. The third-order valence-corrected chi connectivity index (χ3v) is 8.15. The monoisotopic (exact) mass is 477 g/mol. The summed E-state index contributed by atoms with van der Waals surface area (Å²) in [6, 6.07) is 24.0. The summed E-state index contributed by atoms with van der Waals surface area (Å²) in [4.78, 5) is 8.54. The minimum absolute atomic E-state index is 0.0874. The lowest BCUT2D eigenvalue weighted by molar-refractivity contribution is 0.0501. The van der Waals surface area contributed by atoms with Gasteiger partial charge in [-0.1, -0.05) is 54.6 Å². The minimum atomic E-state index is 0.0874. The Balaban J connectivity index is 1.45. The van der Waals surface area contributed by atoms with Gasteiger partial charge in [-0.25, -0.2) is 0 Å². The number of para-hydroxylation sites is 1. The highest BCUT2D eigenvalue weighted by Crippen LogP contribution is 2.38. The summed E-state index contributed by atoms with van der Waals surface area (Å²) in [5.74, 6) is 1.02. The maximum Gasteiger partial charge on any atom is 0.134 e. The molecule has 1 saturated heterocycles. The molecule has 4 nitrogen and oxygen atoms in total. The summed E-state index contributed by atoms with van der Waals surface area (Å²) in [7, 11) is 8.70. The van der Waals surface area contributed by atoms with Gasteiger partial charge in [0.1, 0.15) is 11.9 Å². The van der Waals surface area contributed by atoms with Gasteiger partial charge in [-0.15, -0.1) is 11.3 Å². The van der Waals surface area contributed by atoms with E-state index in [9.17, 15) is 0 Å². The van der Waals surface area contributed by atoms with E-state index in [0.29, 0.717) is 0 Å². The van der Waals surface area contributed by atoms with Gasteiger partial charge >= 0.3 is 0 Å². The van der Waals surface area contributed by atoms with Crippen LogP contribution in [0.5, 0.6) is 5.75 Å². The number of hydrogen-bond acceptors (Lipinski definition) is 5. The van der Waals surface area contributed by atoms with E-state index in [0.717, 1.165) is 51.2 Å². The van der Waals surface area contributed by atoms with Crippen molar-refractivity contribution >= 4 is 11.3 Å². The second-order valence-corrected chi connectivity index (χ2v) is 10.9. The molecular weight excluding hydrogens is 438 g/mol. The maximum absolute atomic E-state index is 6.68. The molecule has 0 spiro atoms. The van der Waals surface area contributed by atoms with E-state index in [2.05, 4.69) is 115 Å². The van der Waals surface area contributed by atoms with Crippen LogP contribution < -0.4 is 4.74 Å². The number of piperidine rings is 1. The summed E-state index contributed by atoms with van der Waals surface area (Å²) in [6.45, 7) is 4.09. The maximum atomic E-state index is 6.68. The molecule has 5 heteroatoms. The Labute approximate surface area is 209 Å². The van der Waals surface area contributed by atoms with E-state index in [1.807, 2.05) is 0 Å². The second-order valence-electron chi connectivity index (χ2n) is 9.89. The van der Waals surface area contributed by atoms with Crippen LogP contribution in [0.3, 0.4) is 0 Å². The summed E-state index contributed by atoms with van der Waals surface area (Å²) < 4.78 is 6.68. The molecule has 0 aliphatic carbocycles. The van der Waals surface area contributed by atoms with Crippen molar-refractivity contribution in [2.75, 3.05) is 47.8 Å². The first-order chi connectivity index (χ1) is 16.5. The van der Waals surface area contributed by atoms with Crippen LogP contribution in [0.4, 0.5) is 0 Å². The van der Waals surface area contributed by atoms with Gasteiger partial charge in [0.25, 0.3) is 0 Å². The third kappa shape index (κ3) is 5.89. The molecule has 1 unspecified atom stereocenters. The van der Waals surface area contributed by atoms with Crippen molar-refractivity contribution in [1.29, 1.82) is 0 Å². The van der Waals surface area contributed by atoms with Gasteiger partial charge in [0.15, 0.2) is 0 Å². The first kappa shape index (κ1) is 24.9. The number of benzene rings is 2. The van der Waals surface area contributed by atoms with Crippen molar-refractivity contribution in [2.24, 2.45) is 0 Å². The van der Waals surface area contributed by atoms with E-state index in [4.69, 9.17) is 4.74 Å². The molecular formula is C29H39N3OS. The van der Waals surface area contributed by atoms with Crippen molar-refractivity contribution in [3.05, 3.63) is 88.1 Å². The molecule has 0 saturated carbocycles. The normalized spacial score (nSPS) is 17.2. The molecule has 1 fully saturated rings. The molecule has 0 N–H and O–H groups in total. The molecule has 1 aliphatic heterocycles. The second kappa shape index (κ2) is 11.5. The van der Waals surface area contributed by atoms with Crippen molar-refractivity contribution < 1.29 is 4.74 Å². The van der Waals surface area contributed by atoms with Crippen LogP contribution in [0.1, 0.15) is 41.4 Å².